The third kappa shape index (κ3) is 23.1. The van der Waals surface area contributed by atoms with Crippen LogP contribution in [0.2, 0.25) is 0 Å². The Morgan fingerprint density at radius 2 is 0.633 bits per heavy atom. The number of halogens is 2. The van der Waals surface area contributed by atoms with E-state index in [0.717, 1.165) is 103 Å². The average Bonchev–Trinajstić information content (AvgIpc) is 2.75. The van der Waals surface area contributed by atoms with Crippen molar-refractivity contribution in [3.63, 3.8) is 0 Å². The van der Waals surface area contributed by atoms with Crippen molar-refractivity contribution < 1.29 is 28.1 Å². The van der Waals surface area contributed by atoms with Crippen molar-refractivity contribution >= 4 is 11.9 Å². The summed E-state index contributed by atoms with van der Waals surface area (Å²) < 4.78 is 23.9. The van der Waals surface area contributed by atoms with Gasteiger partial charge in [-0.25, -0.2) is 19.4 Å². The Labute approximate surface area is 182 Å². The first-order chi connectivity index (χ1) is 14.7. The first kappa shape index (κ1) is 28.8. The van der Waals surface area contributed by atoms with E-state index in [1.54, 1.807) is 0 Å². The van der Waals surface area contributed by atoms with Crippen LogP contribution in [0.3, 0.4) is 0 Å². The summed E-state index contributed by atoms with van der Waals surface area (Å²) in [5, 5.41) is 0. The van der Waals surface area contributed by atoms with Crippen LogP contribution in [0.4, 0.5) is 8.78 Å². The van der Waals surface area contributed by atoms with Gasteiger partial charge >= 0.3 is 11.9 Å². The molecule has 0 atom stereocenters. The first-order valence-corrected chi connectivity index (χ1v) is 12.2. The van der Waals surface area contributed by atoms with Crippen molar-refractivity contribution in [2.75, 3.05) is 13.3 Å². The summed E-state index contributed by atoms with van der Waals surface area (Å²) in [4.78, 5) is 32.3. The lowest BCUT2D eigenvalue weighted by molar-refractivity contribution is -0.259. The second-order valence-electron chi connectivity index (χ2n) is 8.15. The van der Waals surface area contributed by atoms with Crippen LogP contribution in [-0.2, 0) is 19.4 Å². The molecule has 0 N–H and O–H groups in total. The van der Waals surface area contributed by atoms with Gasteiger partial charge in [0.25, 0.3) is 0 Å². The Kier molecular flexibility index (Phi) is 23.1. The molecule has 178 valence electrons. The normalized spacial score (nSPS) is 10.9. The minimum absolute atomic E-state index is 0.212. The predicted octanol–water partition coefficient (Wildman–Crippen LogP) is 7.73. The Hall–Kier alpha value is -1.20. The Morgan fingerprint density at radius 3 is 0.900 bits per heavy atom. The Balaban J connectivity index is 3.31. The summed E-state index contributed by atoms with van der Waals surface area (Å²) in [6, 6.07) is 0. The van der Waals surface area contributed by atoms with Crippen LogP contribution in [0.15, 0.2) is 0 Å². The van der Waals surface area contributed by atoms with E-state index in [2.05, 4.69) is 9.78 Å². The standard InChI is InChI=1S/C24H44F2O4/c25-21-17-13-9-5-1-3-7-11-15-19-23(27)29-30-24(28)20-16-12-8-4-2-6-10-14-18-22-26/h1-22H2. The van der Waals surface area contributed by atoms with E-state index < -0.39 is 11.9 Å². The zero-order valence-corrected chi connectivity index (χ0v) is 18.9. The summed E-state index contributed by atoms with van der Waals surface area (Å²) in [5.74, 6) is -0.968. The quantitative estimate of drug-likeness (QED) is 0.0993. The monoisotopic (exact) mass is 434 g/mol. The minimum Gasteiger partial charge on any atom is -0.251 e. The van der Waals surface area contributed by atoms with Gasteiger partial charge in [0, 0.05) is 0 Å². The highest BCUT2D eigenvalue weighted by Crippen LogP contribution is 2.12. The molecule has 0 aliphatic carbocycles. The molecule has 0 radical (unpaired) electrons. The molecule has 4 nitrogen and oxygen atoms in total. The number of carbonyl (C=O) groups is 2. The zero-order chi connectivity index (χ0) is 22.1. The van der Waals surface area contributed by atoms with Gasteiger partial charge in [-0.1, -0.05) is 89.9 Å². The highest BCUT2D eigenvalue weighted by molar-refractivity contribution is 5.72. The number of unbranched alkanes of at least 4 members (excludes halogenated alkanes) is 16. The second kappa shape index (κ2) is 24.1. The fourth-order valence-electron chi connectivity index (χ4n) is 3.38. The van der Waals surface area contributed by atoms with Gasteiger partial charge in [0.1, 0.15) is 0 Å². The maximum absolute atomic E-state index is 11.9. The fourth-order valence-corrected chi connectivity index (χ4v) is 3.38. The summed E-state index contributed by atoms with van der Waals surface area (Å²) >= 11 is 0. The van der Waals surface area contributed by atoms with Crippen molar-refractivity contribution in [2.45, 2.75) is 128 Å². The molecular formula is C24H44F2O4. The Bertz CT molecular complexity index is 355. The molecule has 0 fully saturated rings. The summed E-state index contributed by atoms with van der Waals surface area (Å²) in [6.07, 6.45) is 18.5. The second-order valence-corrected chi connectivity index (χ2v) is 8.15. The summed E-state index contributed by atoms with van der Waals surface area (Å²) in [7, 11) is 0. The van der Waals surface area contributed by atoms with Crippen LogP contribution in [-0.4, -0.2) is 25.3 Å². The minimum atomic E-state index is -0.484. The molecule has 0 aromatic carbocycles. The average molecular weight is 435 g/mol. The molecule has 30 heavy (non-hydrogen) atoms. The van der Waals surface area contributed by atoms with Gasteiger partial charge in [0.2, 0.25) is 0 Å². The highest BCUT2D eigenvalue weighted by atomic mass is 19.1. The Morgan fingerprint density at radius 1 is 0.400 bits per heavy atom. The molecular weight excluding hydrogens is 390 g/mol. The van der Waals surface area contributed by atoms with Crippen molar-refractivity contribution in [1.82, 2.24) is 0 Å². The van der Waals surface area contributed by atoms with Gasteiger partial charge in [-0.15, -0.1) is 0 Å². The van der Waals surface area contributed by atoms with Crippen LogP contribution in [0, 0.1) is 0 Å². The molecule has 0 amide bonds. The van der Waals surface area contributed by atoms with E-state index in [9.17, 15) is 18.4 Å². The molecule has 0 aromatic heterocycles. The number of alkyl halides is 2. The van der Waals surface area contributed by atoms with Gasteiger partial charge in [-0.3, -0.25) is 8.78 Å². The van der Waals surface area contributed by atoms with Crippen LogP contribution < -0.4 is 0 Å². The van der Waals surface area contributed by atoms with Crippen LogP contribution in [0.5, 0.6) is 0 Å². The number of hydrogen-bond donors (Lipinski definition) is 0. The smallest absolute Gasteiger partial charge is 0.251 e. The van der Waals surface area contributed by atoms with Crippen LogP contribution in [0.1, 0.15) is 128 Å². The molecule has 0 unspecified atom stereocenters. The number of carbonyl (C=O) groups excluding carboxylic acids is 2. The van der Waals surface area contributed by atoms with Gasteiger partial charge in [-0.05, 0) is 25.7 Å². The molecule has 0 spiro atoms. The van der Waals surface area contributed by atoms with Crippen LogP contribution >= 0.6 is 0 Å². The molecule has 0 saturated carbocycles. The molecule has 0 heterocycles. The van der Waals surface area contributed by atoms with Gasteiger partial charge in [0.05, 0.1) is 26.2 Å². The zero-order valence-electron chi connectivity index (χ0n) is 18.9. The number of rotatable bonds is 22. The van der Waals surface area contributed by atoms with Crippen molar-refractivity contribution in [2.24, 2.45) is 0 Å². The van der Waals surface area contributed by atoms with E-state index >= 15 is 0 Å². The van der Waals surface area contributed by atoms with Gasteiger partial charge in [-0.2, -0.15) is 0 Å². The van der Waals surface area contributed by atoms with Gasteiger partial charge in [0.15, 0.2) is 0 Å². The van der Waals surface area contributed by atoms with E-state index in [-0.39, 0.29) is 26.2 Å². The van der Waals surface area contributed by atoms with Gasteiger partial charge < -0.3 is 0 Å². The largest absolute Gasteiger partial charge is 0.355 e. The summed E-state index contributed by atoms with van der Waals surface area (Å²) in [6.45, 7) is -0.424. The molecule has 0 saturated heterocycles. The van der Waals surface area contributed by atoms with E-state index in [1.807, 2.05) is 0 Å². The fraction of sp³-hybridized carbons (Fsp3) is 0.917. The number of hydrogen-bond acceptors (Lipinski definition) is 4. The lowest BCUT2D eigenvalue weighted by Crippen LogP contribution is -2.11. The summed E-state index contributed by atoms with van der Waals surface area (Å²) in [5.41, 5.74) is 0. The molecule has 0 bridgehead atoms. The predicted molar refractivity (Wildman–Crippen MR) is 116 cm³/mol. The van der Waals surface area contributed by atoms with E-state index in [1.165, 1.54) is 0 Å². The molecule has 0 aromatic rings. The highest BCUT2D eigenvalue weighted by Gasteiger charge is 2.09. The first-order valence-electron chi connectivity index (χ1n) is 12.2. The molecule has 0 rings (SSSR count). The maximum atomic E-state index is 11.9. The third-order valence-corrected chi connectivity index (χ3v) is 5.26. The maximum Gasteiger partial charge on any atom is 0.355 e. The van der Waals surface area contributed by atoms with Crippen LogP contribution in [0.25, 0.3) is 0 Å². The van der Waals surface area contributed by atoms with E-state index in [0.29, 0.717) is 12.8 Å². The third-order valence-electron chi connectivity index (χ3n) is 5.26. The molecule has 0 aliphatic heterocycles. The lowest BCUT2D eigenvalue weighted by Gasteiger charge is -2.04. The molecule has 0 aliphatic rings. The molecule has 6 heteroatoms. The lowest BCUT2D eigenvalue weighted by atomic mass is 10.1. The van der Waals surface area contributed by atoms with Crippen molar-refractivity contribution in [3.8, 4) is 0 Å². The SMILES string of the molecule is O=C(CCCCCCCCCCCF)OOC(=O)CCCCCCCCCCCF. The topological polar surface area (TPSA) is 52.6 Å². The van der Waals surface area contributed by atoms with Crippen molar-refractivity contribution in [1.29, 1.82) is 0 Å². The van der Waals surface area contributed by atoms with Crippen molar-refractivity contribution in [3.05, 3.63) is 0 Å². The van der Waals surface area contributed by atoms with E-state index in [4.69, 9.17) is 0 Å².